The summed E-state index contributed by atoms with van der Waals surface area (Å²) in [5.74, 6) is -0.123. The Morgan fingerprint density at radius 1 is 1.12 bits per heavy atom. The van der Waals surface area contributed by atoms with Crippen LogP contribution in [0.3, 0.4) is 0 Å². The highest BCUT2D eigenvalue weighted by molar-refractivity contribution is 6.06. The van der Waals surface area contributed by atoms with Crippen LogP contribution >= 0.6 is 0 Å². The predicted octanol–water partition coefficient (Wildman–Crippen LogP) is 3.66. The first-order chi connectivity index (χ1) is 11.7. The molecule has 0 spiro atoms. The SMILES string of the molecule is COCC(NC(=O)c1cc(C)nc2ccccc12)c1ccccc1. The van der Waals surface area contributed by atoms with Gasteiger partial charge < -0.3 is 10.1 Å². The molecule has 0 fully saturated rings. The van der Waals surface area contributed by atoms with Crippen molar-refractivity contribution in [2.45, 2.75) is 13.0 Å². The second-order valence-corrected chi connectivity index (χ2v) is 5.72. The van der Waals surface area contributed by atoms with Crippen LogP contribution in [0.15, 0.2) is 60.7 Å². The zero-order valence-electron chi connectivity index (χ0n) is 13.8. The summed E-state index contributed by atoms with van der Waals surface area (Å²) in [7, 11) is 1.63. The number of ether oxygens (including phenoxy) is 1. The Labute approximate surface area is 141 Å². The minimum atomic E-state index is -0.198. The molecule has 3 aromatic rings. The van der Waals surface area contributed by atoms with E-state index in [-0.39, 0.29) is 11.9 Å². The molecule has 1 heterocycles. The highest BCUT2D eigenvalue weighted by Crippen LogP contribution is 2.20. The molecule has 1 N–H and O–H groups in total. The van der Waals surface area contributed by atoms with E-state index < -0.39 is 0 Å². The summed E-state index contributed by atoms with van der Waals surface area (Å²) in [6.45, 7) is 2.31. The summed E-state index contributed by atoms with van der Waals surface area (Å²) >= 11 is 0. The number of aryl methyl sites for hydroxylation is 1. The van der Waals surface area contributed by atoms with Crippen molar-refractivity contribution >= 4 is 16.8 Å². The zero-order valence-corrected chi connectivity index (χ0v) is 13.8. The minimum Gasteiger partial charge on any atom is -0.382 e. The summed E-state index contributed by atoms with van der Waals surface area (Å²) in [4.78, 5) is 17.4. The largest absolute Gasteiger partial charge is 0.382 e. The minimum absolute atomic E-state index is 0.123. The van der Waals surface area contributed by atoms with Crippen molar-refractivity contribution in [2.24, 2.45) is 0 Å². The summed E-state index contributed by atoms with van der Waals surface area (Å²) in [5, 5.41) is 3.93. The molecule has 0 aliphatic heterocycles. The molecule has 0 radical (unpaired) electrons. The van der Waals surface area contributed by atoms with Gasteiger partial charge in [-0.3, -0.25) is 9.78 Å². The van der Waals surface area contributed by atoms with Gasteiger partial charge in [-0.25, -0.2) is 0 Å². The van der Waals surface area contributed by atoms with E-state index in [0.717, 1.165) is 22.2 Å². The van der Waals surface area contributed by atoms with Gasteiger partial charge in [0.15, 0.2) is 0 Å². The second-order valence-electron chi connectivity index (χ2n) is 5.72. The fourth-order valence-corrected chi connectivity index (χ4v) is 2.80. The van der Waals surface area contributed by atoms with Crippen LogP contribution in [0, 0.1) is 6.92 Å². The van der Waals surface area contributed by atoms with Gasteiger partial charge in [0.2, 0.25) is 0 Å². The molecule has 1 aromatic heterocycles. The molecule has 1 amide bonds. The number of para-hydroxylation sites is 1. The Balaban J connectivity index is 1.94. The maximum atomic E-state index is 12.9. The number of aromatic nitrogens is 1. The fourth-order valence-electron chi connectivity index (χ4n) is 2.80. The number of nitrogens with one attached hydrogen (secondary N) is 1. The van der Waals surface area contributed by atoms with Crippen LogP contribution in [0.5, 0.6) is 0 Å². The predicted molar refractivity (Wildman–Crippen MR) is 95.0 cm³/mol. The Bertz CT molecular complexity index is 847. The van der Waals surface area contributed by atoms with Crippen molar-refractivity contribution in [3.63, 3.8) is 0 Å². The number of fused-ring (bicyclic) bond motifs is 1. The summed E-state index contributed by atoms with van der Waals surface area (Å²) in [5.41, 5.74) is 3.30. The van der Waals surface area contributed by atoms with E-state index >= 15 is 0 Å². The molecule has 2 aromatic carbocycles. The molecular weight excluding hydrogens is 300 g/mol. The van der Waals surface area contributed by atoms with Crippen LogP contribution in [0.2, 0.25) is 0 Å². The van der Waals surface area contributed by atoms with Crippen LogP contribution in [-0.2, 0) is 4.74 Å². The number of benzene rings is 2. The van der Waals surface area contributed by atoms with Gasteiger partial charge in [0.1, 0.15) is 0 Å². The second kappa shape index (κ2) is 7.23. The first kappa shape index (κ1) is 16.1. The van der Waals surface area contributed by atoms with E-state index in [1.807, 2.05) is 67.6 Å². The average molecular weight is 320 g/mol. The molecule has 0 aliphatic rings. The number of methoxy groups -OCH3 is 1. The van der Waals surface area contributed by atoms with Crippen LogP contribution in [-0.4, -0.2) is 24.6 Å². The van der Waals surface area contributed by atoms with Gasteiger partial charge in [0.05, 0.1) is 23.7 Å². The Hall–Kier alpha value is -2.72. The Kier molecular flexibility index (Phi) is 4.87. The van der Waals surface area contributed by atoms with Crippen molar-refractivity contribution in [1.82, 2.24) is 10.3 Å². The van der Waals surface area contributed by atoms with Gasteiger partial charge in [0.25, 0.3) is 5.91 Å². The van der Waals surface area contributed by atoms with Crippen LogP contribution in [0.1, 0.15) is 27.7 Å². The zero-order chi connectivity index (χ0) is 16.9. The highest BCUT2D eigenvalue weighted by atomic mass is 16.5. The standard InChI is InChI=1S/C20H20N2O2/c1-14-12-17(16-10-6-7-11-18(16)21-14)20(23)22-19(13-24-2)15-8-4-3-5-9-15/h3-12,19H,13H2,1-2H3,(H,22,23). The topological polar surface area (TPSA) is 51.2 Å². The van der Waals surface area contributed by atoms with Crippen LogP contribution in [0.4, 0.5) is 0 Å². The third-order valence-corrected chi connectivity index (χ3v) is 3.93. The monoisotopic (exact) mass is 320 g/mol. The summed E-state index contributed by atoms with van der Waals surface area (Å²) in [6, 6.07) is 19.1. The lowest BCUT2D eigenvalue weighted by Crippen LogP contribution is -2.31. The fraction of sp³-hybridized carbons (Fsp3) is 0.200. The molecule has 0 saturated carbocycles. The van der Waals surface area contributed by atoms with Gasteiger partial charge in [-0.15, -0.1) is 0 Å². The Morgan fingerprint density at radius 2 is 1.83 bits per heavy atom. The lowest BCUT2D eigenvalue weighted by Gasteiger charge is -2.19. The van der Waals surface area contributed by atoms with Gasteiger partial charge in [-0.1, -0.05) is 48.5 Å². The molecule has 0 bridgehead atoms. The Morgan fingerprint density at radius 3 is 2.58 bits per heavy atom. The van der Waals surface area contributed by atoms with Crippen molar-refractivity contribution in [3.8, 4) is 0 Å². The summed E-state index contributed by atoms with van der Waals surface area (Å²) < 4.78 is 5.28. The molecule has 0 saturated heterocycles. The lowest BCUT2D eigenvalue weighted by atomic mass is 10.0. The molecule has 122 valence electrons. The van der Waals surface area contributed by atoms with E-state index in [4.69, 9.17) is 4.74 Å². The average Bonchev–Trinajstić information content (AvgIpc) is 2.61. The van der Waals surface area contributed by atoms with Crippen molar-refractivity contribution in [1.29, 1.82) is 0 Å². The first-order valence-electron chi connectivity index (χ1n) is 7.90. The number of hydrogen-bond acceptors (Lipinski definition) is 3. The van der Waals surface area contributed by atoms with E-state index in [1.54, 1.807) is 7.11 Å². The number of amides is 1. The van der Waals surface area contributed by atoms with E-state index in [9.17, 15) is 4.79 Å². The third kappa shape index (κ3) is 3.44. The van der Waals surface area contributed by atoms with Gasteiger partial charge in [-0.05, 0) is 24.6 Å². The first-order valence-corrected chi connectivity index (χ1v) is 7.90. The number of nitrogens with zero attached hydrogens (tertiary/aromatic N) is 1. The number of rotatable bonds is 5. The quantitative estimate of drug-likeness (QED) is 0.780. The molecule has 1 atom stereocenters. The van der Waals surface area contributed by atoms with Crippen molar-refractivity contribution in [2.75, 3.05) is 13.7 Å². The van der Waals surface area contributed by atoms with Crippen molar-refractivity contribution < 1.29 is 9.53 Å². The third-order valence-electron chi connectivity index (χ3n) is 3.93. The normalized spacial score (nSPS) is 12.1. The van der Waals surface area contributed by atoms with Crippen molar-refractivity contribution in [3.05, 3.63) is 77.5 Å². The van der Waals surface area contributed by atoms with Crippen LogP contribution in [0.25, 0.3) is 10.9 Å². The highest BCUT2D eigenvalue weighted by Gasteiger charge is 2.18. The van der Waals surface area contributed by atoms with E-state index in [1.165, 1.54) is 0 Å². The molecular formula is C20H20N2O2. The van der Waals surface area contributed by atoms with Crippen LogP contribution < -0.4 is 5.32 Å². The number of carbonyl (C=O) groups is 1. The van der Waals surface area contributed by atoms with E-state index in [0.29, 0.717) is 12.2 Å². The molecule has 4 nitrogen and oxygen atoms in total. The smallest absolute Gasteiger partial charge is 0.252 e. The van der Waals surface area contributed by atoms with Gasteiger partial charge in [0, 0.05) is 18.2 Å². The lowest BCUT2D eigenvalue weighted by molar-refractivity contribution is 0.0898. The molecule has 1 unspecified atom stereocenters. The summed E-state index contributed by atoms with van der Waals surface area (Å²) in [6.07, 6.45) is 0. The van der Waals surface area contributed by atoms with Gasteiger partial charge in [-0.2, -0.15) is 0 Å². The maximum absolute atomic E-state index is 12.9. The molecule has 3 rings (SSSR count). The molecule has 0 aliphatic carbocycles. The maximum Gasteiger partial charge on any atom is 0.252 e. The van der Waals surface area contributed by atoms with E-state index in [2.05, 4.69) is 10.3 Å². The number of hydrogen-bond donors (Lipinski definition) is 1. The molecule has 24 heavy (non-hydrogen) atoms. The number of carbonyl (C=O) groups excluding carboxylic acids is 1. The number of pyridine rings is 1. The molecule has 4 heteroatoms. The van der Waals surface area contributed by atoms with Gasteiger partial charge >= 0.3 is 0 Å².